The van der Waals surface area contributed by atoms with Gasteiger partial charge in [-0.15, -0.1) is 5.10 Å². The summed E-state index contributed by atoms with van der Waals surface area (Å²) in [5.74, 6) is 1.11. The van der Waals surface area contributed by atoms with Crippen LogP contribution in [0.1, 0.15) is 44.7 Å². The van der Waals surface area contributed by atoms with Gasteiger partial charge in [-0.2, -0.15) is 5.10 Å². The van der Waals surface area contributed by atoms with Gasteiger partial charge in [-0.25, -0.2) is 0 Å². The van der Waals surface area contributed by atoms with E-state index in [-0.39, 0.29) is 5.91 Å². The molecule has 0 aliphatic carbocycles. The Labute approximate surface area is 130 Å². The van der Waals surface area contributed by atoms with Crippen LogP contribution in [0.15, 0.2) is 12.1 Å². The fourth-order valence-electron chi connectivity index (χ4n) is 3.45. The van der Waals surface area contributed by atoms with E-state index in [0.717, 1.165) is 24.4 Å². The van der Waals surface area contributed by atoms with Gasteiger partial charge in [-0.1, -0.05) is 13.8 Å². The second-order valence-corrected chi connectivity index (χ2v) is 6.71. The summed E-state index contributed by atoms with van der Waals surface area (Å²) < 4.78 is 0. The molecule has 6 heteroatoms. The van der Waals surface area contributed by atoms with Crippen LogP contribution in [0.4, 0.5) is 5.82 Å². The molecule has 0 saturated carbocycles. The van der Waals surface area contributed by atoms with E-state index < -0.39 is 11.5 Å². The lowest BCUT2D eigenvalue weighted by molar-refractivity contribution is -0.142. The first-order valence-corrected chi connectivity index (χ1v) is 8.08. The van der Waals surface area contributed by atoms with E-state index in [1.54, 1.807) is 0 Å². The Morgan fingerprint density at radius 3 is 2.86 bits per heavy atom. The van der Waals surface area contributed by atoms with Crippen molar-refractivity contribution in [1.82, 2.24) is 15.5 Å². The maximum absolute atomic E-state index is 12.4. The molecule has 2 N–H and O–H groups in total. The summed E-state index contributed by atoms with van der Waals surface area (Å²) in [6, 6.07) is 3.96. The molecular formula is C16H24N4O2. The predicted molar refractivity (Wildman–Crippen MR) is 83.6 cm³/mol. The van der Waals surface area contributed by atoms with Gasteiger partial charge in [-0.3, -0.25) is 4.79 Å². The van der Waals surface area contributed by atoms with Crippen LogP contribution < -0.4 is 10.2 Å². The van der Waals surface area contributed by atoms with Crippen molar-refractivity contribution in [1.29, 1.82) is 0 Å². The van der Waals surface area contributed by atoms with Crippen molar-refractivity contribution >= 4 is 11.7 Å². The highest BCUT2D eigenvalue weighted by molar-refractivity contribution is 5.85. The van der Waals surface area contributed by atoms with Gasteiger partial charge in [0.1, 0.15) is 0 Å². The Morgan fingerprint density at radius 2 is 2.23 bits per heavy atom. The molecule has 1 spiro atoms. The molecule has 2 saturated heterocycles. The number of hydrogen-bond donors (Lipinski definition) is 2. The van der Waals surface area contributed by atoms with E-state index in [9.17, 15) is 9.90 Å². The minimum atomic E-state index is -0.700. The second kappa shape index (κ2) is 5.83. The predicted octanol–water partition coefficient (Wildman–Crippen LogP) is 1.07. The zero-order chi connectivity index (χ0) is 15.7. The lowest BCUT2D eigenvalue weighted by Gasteiger charge is -2.47. The Kier molecular flexibility index (Phi) is 4.04. The summed E-state index contributed by atoms with van der Waals surface area (Å²) >= 11 is 0. The van der Waals surface area contributed by atoms with Crippen molar-refractivity contribution in [3.63, 3.8) is 0 Å². The Hall–Kier alpha value is -1.69. The molecule has 2 aliphatic heterocycles. The first-order chi connectivity index (χ1) is 10.5. The van der Waals surface area contributed by atoms with Gasteiger partial charge in [-0.05, 0) is 37.3 Å². The maximum atomic E-state index is 12.4. The number of piperidine rings is 2. The summed E-state index contributed by atoms with van der Waals surface area (Å²) in [5, 5.41) is 21.9. The van der Waals surface area contributed by atoms with Crippen LogP contribution in [0.25, 0.3) is 0 Å². The molecule has 22 heavy (non-hydrogen) atoms. The fourth-order valence-corrected chi connectivity index (χ4v) is 3.45. The largest absolute Gasteiger partial charge is 0.392 e. The quantitative estimate of drug-likeness (QED) is 0.854. The minimum absolute atomic E-state index is 0.0253. The highest BCUT2D eigenvalue weighted by atomic mass is 16.3. The van der Waals surface area contributed by atoms with Crippen LogP contribution in [0.3, 0.4) is 0 Å². The molecule has 6 nitrogen and oxygen atoms in total. The first kappa shape index (κ1) is 15.2. The summed E-state index contributed by atoms with van der Waals surface area (Å²) in [6.45, 7) is 6.09. The minimum Gasteiger partial charge on any atom is -0.392 e. The summed E-state index contributed by atoms with van der Waals surface area (Å²) in [4.78, 5) is 14.4. The highest BCUT2D eigenvalue weighted by Gasteiger charge is 2.50. The molecule has 1 amide bonds. The molecule has 0 radical (unpaired) electrons. The van der Waals surface area contributed by atoms with Gasteiger partial charge < -0.3 is 15.3 Å². The third-order valence-corrected chi connectivity index (χ3v) is 4.91. The third-order valence-electron chi connectivity index (χ3n) is 4.91. The number of carbonyl (C=O) groups excluding carboxylic acids is 1. The van der Waals surface area contributed by atoms with Gasteiger partial charge in [0.05, 0.1) is 17.2 Å². The Balaban J connectivity index is 1.82. The maximum Gasteiger partial charge on any atom is 0.230 e. The first-order valence-electron chi connectivity index (χ1n) is 8.08. The average molecular weight is 304 g/mol. The zero-order valence-corrected chi connectivity index (χ0v) is 13.2. The number of nitrogens with zero attached hydrogens (tertiary/aromatic N) is 3. The number of amides is 1. The van der Waals surface area contributed by atoms with Crippen LogP contribution in [-0.2, 0) is 4.79 Å². The number of rotatable bonds is 2. The summed E-state index contributed by atoms with van der Waals surface area (Å²) in [5.41, 5.74) is 0.264. The van der Waals surface area contributed by atoms with Crippen LogP contribution in [-0.4, -0.2) is 46.9 Å². The highest BCUT2D eigenvalue weighted by Crippen LogP contribution is 2.38. The molecule has 3 rings (SSSR count). The standard InChI is InChI=1S/C16H24N4O2/c1-11(2)12-4-5-14(19-18-12)20-9-6-13(21)16(10-20)7-3-8-17-15(16)22/h4-5,11,13,21H,3,6-10H2,1-2H3,(H,17,22)/t13-,16-/m1/s1. The van der Waals surface area contributed by atoms with E-state index in [1.807, 2.05) is 12.1 Å². The number of hydrogen-bond acceptors (Lipinski definition) is 5. The molecule has 2 fully saturated rings. The molecule has 0 unspecified atom stereocenters. The van der Waals surface area contributed by atoms with Crippen LogP contribution >= 0.6 is 0 Å². The van der Waals surface area contributed by atoms with Crippen molar-refractivity contribution in [2.45, 2.75) is 45.1 Å². The smallest absolute Gasteiger partial charge is 0.230 e. The number of aliphatic hydroxyl groups excluding tert-OH is 1. The zero-order valence-electron chi connectivity index (χ0n) is 13.2. The normalized spacial score (nSPS) is 29.0. The fraction of sp³-hybridized carbons (Fsp3) is 0.688. The SMILES string of the molecule is CC(C)c1ccc(N2CC[C@@H](O)[C@@]3(CCCNC3=O)C2)nn1. The van der Waals surface area contributed by atoms with E-state index in [0.29, 0.717) is 32.0 Å². The van der Waals surface area contributed by atoms with Crippen molar-refractivity contribution < 1.29 is 9.90 Å². The van der Waals surface area contributed by atoms with Crippen LogP contribution in [0, 0.1) is 5.41 Å². The van der Waals surface area contributed by atoms with Gasteiger partial charge in [0, 0.05) is 19.6 Å². The number of aliphatic hydroxyl groups is 1. The lowest BCUT2D eigenvalue weighted by Crippen LogP contribution is -2.61. The lowest BCUT2D eigenvalue weighted by atomic mass is 9.71. The van der Waals surface area contributed by atoms with Gasteiger partial charge in [0.25, 0.3) is 0 Å². The Bertz CT molecular complexity index is 546. The van der Waals surface area contributed by atoms with E-state index in [4.69, 9.17) is 0 Å². The topological polar surface area (TPSA) is 78.4 Å². The van der Waals surface area contributed by atoms with Crippen molar-refractivity contribution in [2.75, 3.05) is 24.5 Å². The van der Waals surface area contributed by atoms with Gasteiger partial charge in [0.15, 0.2) is 5.82 Å². The Morgan fingerprint density at radius 1 is 1.41 bits per heavy atom. The molecular weight excluding hydrogens is 280 g/mol. The molecule has 0 aromatic carbocycles. The van der Waals surface area contributed by atoms with Crippen LogP contribution in [0.2, 0.25) is 0 Å². The summed E-state index contributed by atoms with van der Waals surface area (Å²) in [6.07, 6.45) is 1.65. The molecule has 1 aromatic heterocycles. The molecule has 2 atom stereocenters. The number of aromatic nitrogens is 2. The van der Waals surface area contributed by atoms with Crippen molar-refractivity contribution in [2.24, 2.45) is 5.41 Å². The van der Waals surface area contributed by atoms with Crippen molar-refractivity contribution in [3.8, 4) is 0 Å². The monoisotopic (exact) mass is 304 g/mol. The van der Waals surface area contributed by atoms with Gasteiger partial charge in [0.2, 0.25) is 5.91 Å². The van der Waals surface area contributed by atoms with E-state index in [1.165, 1.54) is 0 Å². The van der Waals surface area contributed by atoms with E-state index >= 15 is 0 Å². The molecule has 2 aliphatic rings. The molecule has 1 aromatic rings. The van der Waals surface area contributed by atoms with E-state index in [2.05, 4.69) is 34.3 Å². The number of anilines is 1. The summed E-state index contributed by atoms with van der Waals surface area (Å²) in [7, 11) is 0. The number of nitrogens with one attached hydrogen (secondary N) is 1. The average Bonchev–Trinajstić information content (AvgIpc) is 2.53. The van der Waals surface area contributed by atoms with Crippen LogP contribution in [0.5, 0.6) is 0 Å². The number of carbonyl (C=O) groups is 1. The third kappa shape index (κ3) is 2.56. The molecule has 3 heterocycles. The van der Waals surface area contributed by atoms with Crippen molar-refractivity contribution in [3.05, 3.63) is 17.8 Å². The second-order valence-electron chi connectivity index (χ2n) is 6.71. The molecule has 120 valence electrons. The van der Waals surface area contributed by atoms with Gasteiger partial charge >= 0.3 is 0 Å². The molecule has 0 bridgehead atoms.